The molecule has 4 rings (SSSR count). The van der Waals surface area contributed by atoms with Crippen molar-refractivity contribution < 1.29 is 9.21 Å². The molecule has 0 fully saturated rings. The third-order valence-corrected chi connectivity index (χ3v) is 4.73. The van der Waals surface area contributed by atoms with Crippen molar-refractivity contribution in [2.75, 3.05) is 0 Å². The van der Waals surface area contributed by atoms with Crippen molar-refractivity contribution in [3.05, 3.63) is 88.8 Å². The second-order valence-electron chi connectivity index (χ2n) is 6.31. The number of carbonyl (C=O) groups excluding carboxylic acids is 1. The Labute approximate surface area is 157 Å². The van der Waals surface area contributed by atoms with Crippen LogP contribution in [0, 0.1) is 0 Å². The fourth-order valence-corrected chi connectivity index (χ4v) is 3.19. The summed E-state index contributed by atoms with van der Waals surface area (Å²) >= 11 is 5.94. The Balaban J connectivity index is 1.71. The summed E-state index contributed by atoms with van der Waals surface area (Å²) in [6.45, 7) is 0. The molecule has 0 aliphatic carbocycles. The Hall–Kier alpha value is -2.79. The predicted octanol–water partition coefficient (Wildman–Crippen LogP) is 3.18. The average Bonchev–Trinajstić information content (AvgIpc) is 3.32. The van der Waals surface area contributed by atoms with Crippen molar-refractivity contribution in [1.29, 1.82) is 0 Å². The highest BCUT2D eigenvalue weighted by molar-refractivity contribution is 6.32. The van der Waals surface area contributed by atoms with Gasteiger partial charge in [0, 0.05) is 17.0 Å². The van der Waals surface area contributed by atoms with E-state index >= 15 is 0 Å². The normalized spacial score (nSPS) is 16.6. The maximum atomic E-state index is 13.1. The van der Waals surface area contributed by atoms with Gasteiger partial charge in [-0.05, 0) is 42.0 Å². The Bertz CT molecular complexity index is 950. The van der Waals surface area contributed by atoms with Crippen LogP contribution < -0.4 is 5.46 Å². The van der Waals surface area contributed by atoms with Crippen molar-refractivity contribution >= 4 is 36.5 Å². The van der Waals surface area contributed by atoms with Crippen LogP contribution in [0.1, 0.15) is 34.1 Å². The molecule has 1 aliphatic heterocycles. The molecule has 0 radical (unpaired) electrons. The Morgan fingerprint density at radius 3 is 2.50 bits per heavy atom. The van der Waals surface area contributed by atoms with Crippen LogP contribution in [-0.2, 0) is 0 Å². The highest BCUT2D eigenvalue weighted by Crippen LogP contribution is 2.33. The predicted molar refractivity (Wildman–Crippen MR) is 105 cm³/mol. The monoisotopic (exact) mass is 362 g/mol. The number of hydrazone groups is 1. The van der Waals surface area contributed by atoms with Crippen molar-refractivity contribution in [3.63, 3.8) is 0 Å². The first-order valence-electron chi connectivity index (χ1n) is 8.39. The number of furan rings is 1. The largest absolute Gasteiger partial charge is 0.463 e. The van der Waals surface area contributed by atoms with E-state index in [1.807, 2.05) is 44.2 Å². The summed E-state index contributed by atoms with van der Waals surface area (Å²) in [6, 6.07) is 18.6. The summed E-state index contributed by atoms with van der Waals surface area (Å²) in [7, 11) is 2.04. The molecule has 0 saturated heterocycles. The van der Waals surface area contributed by atoms with Crippen LogP contribution in [0.2, 0.25) is 5.02 Å². The summed E-state index contributed by atoms with van der Waals surface area (Å²) in [6.07, 6.45) is 2.22. The second kappa shape index (κ2) is 6.85. The SMILES string of the molecule is Bc1ccc(C2CC(c3ccco3)=NN2C(=O)c2ccc(Cl)cc2)cc1. The minimum Gasteiger partial charge on any atom is -0.463 e. The maximum Gasteiger partial charge on any atom is 0.274 e. The summed E-state index contributed by atoms with van der Waals surface area (Å²) in [5, 5.41) is 6.73. The van der Waals surface area contributed by atoms with Crippen LogP contribution in [0.4, 0.5) is 0 Å². The number of hydrogen-bond donors (Lipinski definition) is 0. The Kier molecular flexibility index (Phi) is 4.39. The molecule has 1 atom stereocenters. The number of halogens is 1. The highest BCUT2D eigenvalue weighted by atomic mass is 35.5. The van der Waals surface area contributed by atoms with E-state index < -0.39 is 0 Å². The number of hydrogen-bond acceptors (Lipinski definition) is 3. The van der Waals surface area contributed by atoms with Gasteiger partial charge < -0.3 is 4.42 Å². The van der Waals surface area contributed by atoms with E-state index in [1.165, 1.54) is 5.46 Å². The maximum absolute atomic E-state index is 13.1. The fraction of sp³-hybridized carbons (Fsp3) is 0.100. The number of nitrogens with zero attached hydrogens (tertiary/aromatic N) is 2. The number of benzene rings is 2. The van der Waals surface area contributed by atoms with Crippen LogP contribution in [0.3, 0.4) is 0 Å². The van der Waals surface area contributed by atoms with Crippen LogP contribution in [-0.4, -0.2) is 24.5 Å². The molecular formula is C20H16BClN2O2. The smallest absolute Gasteiger partial charge is 0.274 e. The van der Waals surface area contributed by atoms with Gasteiger partial charge in [-0.25, -0.2) is 5.01 Å². The Morgan fingerprint density at radius 2 is 1.85 bits per heavy atom. The molecule has 2 heterocycles. The first-order valence-corrected chi connectivity index (χ1v) is 8.76. The van der Waals surface area contributed by atoms with Gasteiger partial charge in [0.25, 0.3) is 5.91 Å². The highest BCUT2D eigenvalue weighted by Gasteiger charge is 2.34. The van der Waals surface area contributed by atoms with Gasteiger partial charge in [0.15, 0.2) is 0 Å². The van der Waals surface area contributed by atoms with Gasteiger partial charge in [0.05, 0.1) is 12.3 Å². The molecule has 4 nitrogen and oxygen atoms in total. The van der Waals surface area contributed by atoms with Gasteiger partial charge in [0.1, 0.15) is 19.3 Å². The molecular weight excluding hydrogens is 346 g/mol. The van der Waals surface area contributed by atoms with Crippen LogP contribution >= 0.6 is 11.6 Å². The number of carbonyl (C=O) groups is 1. The molecule has 1 aliphatic rings. The molecule has 2 aromatic carbocycles. The van der Waals surface area contributed by atoms with Gasteiger partial charge in [-0.3, -0.25) is 4.79 Å². The van der Waals surface area contributed by atoms with E-state index in [2.05, 4.69) is 5.10 Å². The number of rotatable bonds is 3. The van der Waals surface area contributed by atoms with Gasteiger partial charge in [-0.1, -0.05) is 41.3 Å². The lowest BCUT2D eigenvalue weighted by molar-refractivity contribution is 0.0711. The zero-order valence-electron chi connectivity index (χ0n) is 14.2. The molecule has 6 heteroatoms. The third-order valence-electron chi connectivity index (χ3n) is 4.48. The molecule has 1 unspecified atom stereocenters. The van der Waals surface area contributed by atoms with Crippen LogP contribution in [0.15, 0.2) is 76.4 Å². The summed E-state index contributed by atoms with van der Waals surface area (Å²) in [5.74, 6) is 0.530. The average molecular weight is 363 g/mol. The minimum absolute atomic E-state index is 0.159. The first kappa shape index (κ1) is 16.7. The molecule has 0 spiro atoms. The standard InChI is InChI=1S/C20H16BClN2O2/c21-15-7-3-13(4-8-15)18-12-17(19-2-1-11-26-19)23-24(18)20(25)14-5-9-16(22)10-6-14/h1-11,18H,12,21H2. The van der Waals surface area contributed by atoms with E-state index in [9.17, 15) is 4.79 Å². The van der Waals surface area contributed by atoms with Crippen molar-refractivity contribution in [3.8, 4) is 0 Å². The molecule has 0 saturated carbocycles. The minimum atomic E-state index is -0.168. The number of amides is 1. The van der Waals surface area contributed by atoms with Crippen LogP contribution in [0.25, 0.3) is 0 Å². The molecule has 1 amide bonds. The lowest BCUT2D eigenvalue weighted by Gasteiger charge is -2.22. The summed E-state index contributed by atoms with van der Waals surface area (Å²) < 4.78 is 5.48. The molecule has 128 valence electrons. The quantitative estimate of drug-likeness (QED) is 0.672. The zero-order chi connectivity index (χ0) is 18.1. The third kappa shape index (κ3) is 3.18. The Morgan fingerprint density at radius 1 is 1.12 bits per heavy atom. The van der Waals surface area contributed by atoms with Gasteiger partial charge in [-0.15, -0.1) is 0 Å². The molecule has 0 N–H and O–H groups in total. The van der Waals surface area contributed by atoms with Gasteiger partial charge in [-0.2, -0.15) is 5.10 Å². The topological polar surface area (TPSA) is 45.8 Å². The van der Waals surface area contributed by atoms with E-state index in [1.54, 1.807) is 35.5 Å². The lowest BCUT2D eigenvalue weighted by atomic mass is 9.92. The van der Waals surface area contributed by atoms with Gasteiger partial charge in [0.2, 0.25) is 0 Å². The fourth-order valence-electron chi connectivity index (χ4n) is 3.06. The second-order valence-corrected chi connectivity index (χ2v) is 6.75. The van der Waals surface area contributed by atoms with E-state index in [-0.39, 0.29) is 11.9 Å². The molecule has 0 bridgehead atoms. The molecule has 1 aromatic heterocycles. The zero-order valence-corrected chi connectivity index (χ0v) is 15.0. The van der Waals surface area contributed by atoms with Crippen molar-refractivity contribution in [2.45, 2.75) is 12.5 Å². The van der Waals surface area contributed by atoms with Crippen molar-refractivity contribution in [1.82, 2.24) is 5.01 Å². The van der Waals surface area contributed by atoms with Crippen LogP contribution in [0.5, 0.6) is 0 Å². The lowest BCUT2D eigenvalue weighted by Crippen LogP contribution is -2.27. The first-order chi connectivity index (χ1) is 12.6. The van der Waals surface area contributed by atoms with E-state index in [4.69, 9.17) is 16.0 Å². The summed E-state index contributed by atoms with van der Waals surface area (Å²) in [5.41, 5.74) is 3.54. The van der Waals surface area contributed by atoms with Gasteiger partial charge >= 0.3 is 0 Å². The summed E-state index contributed by atoms with van der Waals surface area (Å²) in [4.78, 5) is 13.1. The van der Waals surface area contributed by atoms with E-state index in [0.29, 0.717) is 22.8 Å². The van der Waals surface area contributed by atoms with E-state index in [0.717, 1.165) is 11.3 Å². The molecule has 26 heavy (non-hydrogen) atoms. The van der Waals surface area contributed by atoms with Crippen molar-refractivity contribution in [2.24, 2.45) is 5.10 Å². The molecule has 3 aromatic rings.